The predicted molar refractivity (Wildman–Crippen MR) is 67.5 cm³/mol. The van der Waals surface area contributed by atoms with E-state index in [1.807, 2.05) is 12.2 Å². The van der Waals surface area contributed by atoms with Gasteiger partial charge in [-0.3, -0.25) is 10.1 Å². The first kappa shape index (κ1) is 12.6. The number of alkyl halides is 1. The molecule has 16 heavy (non-hydrogen) atoms. The SMILES string of the molecule is Cc1c(C=CCCBr)cnc(N)c1[N+](=O)[O-]. The van der Waals surface area contributed by atoms with Gasteiger partial charge in [0, 0.05) is 22.7 Å². The molecule has 0 atom stereocenters. The van der Waals surface area contributed by atoms with Gasteiger partial charge in [-0.2, -0.15) is 0 Å². The Kier molecular flexibility index (Phi) is 4.42. The molecule has 6 heteroatoms. The minimum Gasteiger partial charge on any atom is -0.378 e. The van der Waals surface area contributed by atoms with Crippen molar-refractivity contribution in [3.05, 3.63) is 33.5 Å². The van der Waals surface area contributed by atoms with Crippen LogP contribution in [0.5, 0.6) is 0 Å². The van der Waals surface area contributed by atoms with Gasteiger partial charge < -0.3 is 5.73 Å². The molecule has 1 aromatic heterocycles. The van der Waals surface area contributed by atoms with Gasteiger partial charge in [-0.05, 0) is 13.3 Å². The van der Waals surface area contributed by atoms with Crippen molar-refractivity contribution in [2.45, 2.75) is 13.3 Å². The van der Waals surface area contributed by atoms with Crippen molar-refractivity contribution in [1.29, 1.82) is 0 Å². The van der Waals surface area contributed by atoms with Crippen LogP contribution in [0.2, 0.25) is 0 Å². The van der Waals surface area contributed by atoms with Crippen molar-refractivity contribution >= 4 is 33.5 Å². The topological polar surface area (TPSA) is 82.0 Å². The standard InChI is InChI=1S/C10H12BrN3O2/c1-7-8(4-2-3-5-11)6-13-10(12)9(7)14(15)16/h2,4,6H,3,5H2,1H3,(H2,12,13). The molecule has 0 bridgehead atoms. The molecule has 0 saturated carbocycles. The van der Waals surface area contributed by atoms with Gasteiger partial charge in [0.15, 0.2) is 0 Å². The molecule has 0 unspecified atom stereocenters. The summed E-state index contributed by atoms with van der Waals surface area (Å²) in [5.74, 6) is -0.0415. The Morgan fingerprint density at radius 2 is 2.38 bits per heavy atom. The zero-order valence-electron chi connectivity index (χ0n) is 8.81. The number of hydrogen-bond donors (Lipinski definition) is 1. The third kappa shape index (κ3) is 2.79. The molecule has 0 amide bonds. The monoisotopic (exact) mass is 285 g/mol. The van der Waals surface area contributed by atoms with Crippen LogP contribution in [0.4, 0.5) is 11.5 Å². The van der Waals surface area contributed by atoms with Gasteiger partial charge in [0.2, 0.25) is 5.82 Å². The summed E-state index contributed by atoms with van der Waals surface area (Å²) < 4.78 is 0. The van der Waals surface area contributed by atoms with Crippen LogP contribution in [0, 0.1) is 17.0 Å². The normalized spacial score (nSPS) is 10.9. The lowest BCUT2D eigenvalue weighted by Gasteiger charge is -2.03. The molecule has 0 aromatic carbocycles. The maximum atomic E-state index is 10.8. The Bertz CT molecular complexity index is 432. The first-order valence-corrected chi connectivity index (χ1v) is 5.82. The average molecular weight is 286 g/mol. The van der Waals surface area contributed by atoms with Crippen LogP contribution in [-0.4, -0.2) is 15.2 Å². The Morgan fingerprint density at radius 3 is 2.94 bits per heavy atom. The zero-order chi connectivity index (χ0) is 12.1. The molecular formula is C10H12BrN3O2. The van der Waals surface area contributed by atoms with E-state index in [0.717, 1.165) is 17.3 Å². The number of hydrogen-bond acceptors (Lipinski definition) is 4. The summed E-state index contributed by atoms with van der Waals surface area (Å²) in [7, 11) is 0. The molecule has 2 N–H and O–H groups in total. The number of rotatable bonds is 4. The highest BCUT2D eigenvalue weighted by Crippen LogP contribution is 2.26. The van der Waals surface area contributed by atoms with Gasteiger partial charge in [-0.1, -0.05) is 28.1 Å². The number of pyridine rings is 1. The maximum absolute atomic E-state index is 10.8. The minimum absolute atomic E-state index is 0.0415. The molecule has 0 radical (unpaired) electrons. The quantitative estimate of drug-likeness (QED) is 0.524. The van der Waals surface area contributed by atoms with E-state index in [0.29, 0.717) is 5.56 Å². The van der Waals surface area contributed by atoms with Crippen molar-refractivity contribution in [3.8, 4) is 0 Å². The van der Waals surface area contributed by atoms with E-state index in [9.17, 15) is 10.1 Å². The molecule has 0 aliphatic heterocycles. The number of allylic oxidation sites excluding steroid dienone is 1. The van der Waals surface area contributed by atoms with Crippen LogP contribution in [0.1, 0.15) is 17.5 Å². The summed E-state index contributed by atoms with van der Waals surface area (Å²) >= 11 is 3.30. The molecule has 1 rings (SSSR count). The fourth-order valence-electron chi connectivity index (χ4n) is 1.30. The van der Waals surface area contributed by atoms with Crippen molar-refractivity contribution in [3.63, 3.8) is 0 Å². The van der Waals surface area contributed by atoms with E-state index in [1.165, 1.54) is 0 Å². The molecule has 86 valence electrons. The summed E-state index contributed by atoms with van der Waals surface area (Å²) in [5, 5.41) is 11.6. The largest absolute Gasteiger partial charge is 0.378 e. The highest BCUT2D eigenvalue weighted by atomic mass is 79.9. The summed E-state index contributed by atoms with van der Waals surface area (Å²) in [4.78, 5) is 14.1. The third-order valence-electron chi connectivity index (χ3n) is 2.13. The summed E-state index contributed by atoms with van der Waals surface area (Å²) in [6, 6.07) is 0. The predicted octanol–water partition coefficient (Wildman–Crippen LogP) is 2.68. The van der Waals surface area contributed by atoms with E-state index in [2.05, 4.69) is 20.9 Å². The number of anilines is 1. The van der Waals surface area contributed by atoms with Gasteiger partial charge in [0.05, 0.1) is 4.92 Å². The fraction of sp³-hybridized carbons (Fsp3) is 0.300. The third-order valence-corrected chi connectivity index (χ3v) is 2.59. The maximum Gasteiger partial charge on any atom is 0.314 e. The van der Waals surface area contributed by atoms with Gasteiger partial charge in [-0.15, -0.1) is 0 Å². The summed E-state index contributed by atoms with van der Waals surface area (Å²) in [5.41, 5.74) is 6.62. The van der Waals surface area contributed by atoms with Crippen LogP contribution >= 0.6 is 15.9 Å². The molecule has 1 heterocycles. The van der Waals surface area contributed by atoms with Gasteiger partial charge in [-0.25, -0.2) is 4.98 Å². The Balaban J connectivity index is 3.13. The Labute approximate surface area is 102 Å². The highest BCUT2D eigenvalue weighted by Gasteiger charge is 2.18. The second-order valence-corrected chi connectivity index (χ2v) is 4.00. The number of aromatic nitrogens is 1. The number of nitro groups is 1. The van der Waals surface area contributed by atoms with Crippen molar-refractivity contribution in [2.24, 2.45) is 0 Å². The second-order valence-electron chi connectivity index (χ2n) is 3.21. The van der Waals surface area contributed by atoms with Crippen LogP contribution in [0.25, 0.3) is 6.08 Å². The van der Waals surface area contributed by atoms with Crippen LogP contribution in [0.3, 0.4) is 0 Å². The molecule has 0 aliphatic carbocycles. The van der Waals surface area contributed by atoms with Crippen molar-refractivity contribution < 1.29 is 4.92 Å². The minimum atomic E-state index is -0.501. The first-order valence-electron chi connectivity index (χ1n) is 4.70. The summed E-state index contributed by atoms with van der Waals surface area (Å²) in [6.45, 7) is 1.67. The lowest BCUT2D eigenvalue weighted by Crippen LogP contribution is -2.02. The molecule has 0 aliphatic rings. The Hall–Kier alpha value is -1.43. The van der Waals surface area contributed by atoms with Gasteiger partial charge >= 0.3 is 5.69 Å². The van der Waals surface area contributed by atoms with Gasteiger partial charge in [0.25, 0.3) is 0 Å². The van der Waals surface area contributed by atoms with E-state index >= 15 is 0 Å². The number of nitrogens with two attached hydrogens (primary N) is 1. The van der Waals surface area contributed by atoms with Crippen LogP contribution in [-0.2, 0) is 0 Å². The lowest BCUT2D eigenvalue weighted by molar-refractivity contribution is -0.384. The smallest absolute Gasteiger partial charge is 0.314 e. The number of halogens is 1. The molecule has 5 nitrogen and oxygen atoms in total. The van der Waals surface area contributed by atoms with Gasteiger partial charge in [0.1, 0.15) is 0 Å². The molecular weight excluding hydrogens is 274 g/mol. The van der Waals surface area contributed by atoms with Crippen LogP contribution < -0.4 is 5.73 Å². The van der Waals surface area contributed by atoms with E-state index in [1.54, 1.807) is 13.1 Å². The lowest BCUT2D eigenvalue weighted by atomic mass is 10.1. The van der Waals surface area contributed by atoms with E-state index < -0.39 is 4.92 Å². The molecule has 1 aromatic rings. The number of nitrogens with zero attached hydrogens (tertiary/aromatic N) is 2. The van der Waals surface area contributed by atoms with Crippen molar-refractivity contribution in [2.75, 3.05) is 11.1 Å². The van der Waals surface area contributed by atoms with E-state index in [-0.39, 0.29) is 11.5 Å². The molecule has 0 saturated heterocycles. The van der Waals surface area contributed by atoms with Crippen molar-refractivity contribution in [1.82, 2.24) is 4.98 Å². The number of nitrogen functional groups attached to an aromatic ring is 1. The highest BCUT2D eigenvalue weighted by molar-refractivity contribution is 9.09. The fourth-order valence-corrected chi connectivity index (χ4v) is 1.56. The zero-order valence-corrected chi connectivity index (χ0v) is 10.4. The second kappa shape index (κ2) is 5.60. The molecule has 0 fully saturated rings. The Morgan fingerprint density at radius 1 is 1.69 bits per heavy atom. The van der Waals surface area contributed by atoms with E-state index in [4.69, 9.17) is 5.73 Å². The molecule has 0 spiro atoms. The average Bonchev–Trinajstić information content (AvgIpc) is 2.21. The first-order chi connectivity index (χ1) is 7.57. The summed E-state index contributed by atoms with van der Waals surface area (Å²) in [6.07, 6.45) is 6.15. The van der Waals surface area contributed by atoms with Crippen LogP contribution in [0.15, 0.2) is 12.3 Å².